The standard InChI is InChI=1S/C69H63B2N/c1-40-32-42(3)64(43(4)33-40)70-57-38-47(67(7,8)9)28-30-61(57)72-62-31-29-48(68(10,11)12)39-58(62)71(65-44(5)34-41(2)35-45(65)6)60-37-46(36-59(70)66(60)72)49-23-19-24-53-52-22-15-18-27-56(52)69(63(49)53)54-25-16-13-20-50(54)51-21-14-17-26-55(51)69/h13-39H,1-12H3. The molecule has 9 aromatic carbocycles. The van der Waals surface area contributed by atoms with Crippen molar-refractivity contribution in [3.8, 4) is 33.4 Å². The molecular weight excluding hydrogens is 864 g/mol. The minimum Gasteiger partial charge on any atom is -0.313 e. The second-order valence-electron chi connectivity index (χ2n) is 24.0. The van der Waals surface area contributed by atoms with E-state index >= 15 is 0 Å². The summed E-state index contributed by atoms with van der Waals surface area (Å²) in [6.07, 6.45) is 0. The Hall–Kier alpha value is -7.09. The van der Waals surface area contributed by atoms with Gasteiger partial charge in [-0.25, -0.2) is 0 Å². The van der Waals surface area contributed by atoms with Gasteiger partial charge in [0.25, 0.3) is 0 Å². The van der Waals surface area contributed by atoms with Crippen LogP contribution in [-0.4, -0.2) is 13.4 Å². The van der Waals surface area contributed by atoms with Crippen LogP contribution in [0.2, 0.25) is 0 Å². The van der Waals surface area contributed by atoms with Crippen molar-refractivity contribution in [2.45, 2.75) is 99.3 Å². The van der Waals surface area contributed by atoms with Crippen molar-refractivity contribution >= 4 is 63.3 Å². The van der Waals surface area contributed by atoms with E-state index in [0.717, 1.165) is 0 Å². The zero-order chi connectivity index (χ0) is 49.9. The first-order valence-electron chi connectivity index (χ1n) is 26.3. The number of hydrogen-bond donors (Lipinski definition) is 0. The monoisotopic (exact) mass is 928 g/mol. The molecule has 1 spiro atoms. The van der Waals surface area contributed by atoms with Crippen molar-refractivity contribution in [3.63, 3.8) is 0 Å². The van der Waals surface area contributed by atoms with Gasteiger partial charge in [0.1, 0.15) is 0 Å². The summed E-state index contributed by atoms with van der Waals surface area (Å²) in [6.45, 7) is 28.1. The SMILES string of the molecule is Cc1cc(C)c(B2c3cc(C(C)(C)C)ccc3N3c4ccc(C(C)(C)C)cc4B(c4c(C)cc(C)cc4C)c4cc(-c5cccc6c5C5(c7ccccc7-c7ccccc75)c5ccccc5-6)cc2c43)c(C)c1. The van der Waals surface area contributed by atoms with Gasteiger partial charge in [-0.1, -0.05) is 238 Å². The van der Waals surface area contributed by atoms with Gasteiger partial charge in [-0.3, -0.25) is 0 Å². The number of hydrogen-bond acceptors (Lipinski definition) is 1. The minimum atomic E-state index is -0.496. The van der Waals surface area contributed by atoms with Gasteiger partial charge >= 0.3 is 0 Å². The first-order chi connectivity index (χ1) is 34.5. The zero-order valence-corrected chi connectivity index (χ0v) is 44.2. The van der Waals surface area contributed by atoms with Crippen LogP contribution in [0.3, 0.4) is 0 Å². The highest BCUT2D eigenvalue weighted by Gasteiger charge is 2.53. The normalized spacial score (nSPS) is 14.4. The molecule has 0 radical (unpaired) electrons. The van der Waals surface area contributed by atoms with Crippen molar-refractivity contribution in [1.29, 1.82) is 0 Å². The molecule has 0 atom stereocenters. The van der Waals surface area contributed by atoms with Gasteiger partial charge in [-0.15, -0.1) is 0 Å². The third-order valence-corrected chi connectivity index (χ3v) is 17.3. The molecule has 13 rings (SSSR count). The van der Waals surface area contributed by atoms with Crippen LogP contribution in [0.4, 0.5) is 17.1 Å². The van der Waals surface area contributed by atoms with Crippen molar-refractivity contribution in [3.05, 3.63) is 231 Å². The molecule has 4 aliphatic rings. The van der Waals surface area contributed by atoms with Gasteiger partial charge in [0.2, 0.25) is 13.4 Å². The topological polar surface area (TPSA) is 3.24 Å². The molecule has 2 heterocycles. The molecule has 2 aliphatic heterocycles. The summed E-state index contributed by atoms with van der Waals surface area (Å²) >= 11 is 0. The maximum atomic E-state index is 2.69. The van der Waals surface area contributed by atoms with Gasteiger partial charge < -0.3 is 4.90 Å². The van der Waals surface area contributed by atoms with Crippen LogP contribution < -0.4 is 37.7 Å². The fourth-order valence-corrected chi connectivity index (χ4v) is 14.5. The second kappa shape index (κ2) is 15.5. The lowest BCUT2D eigenvalue weighted by Gasteiger charge is -2.45. The van der Waals surface area contributed by atoms with E-state index in [2.05, 4.69) is 252 Å². The van der Waals surface area contributed by atoms with Gasteiger partial charge in [-0.05, 0) is 153 Å². The Bertz CT molecular complexity index is 3560. The van der Waals surface area contributed by atoms with E-state index in [9.17, 15) is 0 Å². The van der Waals surface area contributed by atoms with Crippen LogP contribution in [0.15, 0.2) is 164 Å². The predicted octanol–water partition coefficient (Wildman–Crippen LogP) is 13.3. The molecule has 2 aliphatic carbocycles. The number of anilines is 3. The molecule has 350 valence electrons. The number of aryl methyl sites for hydroxylation is 6. The highest BCUT2D eigenvalue weighted by Crippen LogP contribution is 2.64. The lowest BCUT2D eigenvalue weighted by molar-refractivity contribution is 0.590. The number of nitrogens with zero attached hydrogens (tertiary/aromatic N) is 1. The predicted molar refractivity (Wildman–Crippen MR) is 311 cm³/mol. The van der Waals surface area contributed by atoms with Gasteiger partial charge in [0.05, 0.1) is 5.41 Å². The zero-order valence-electron chi connectivity index (χ0n) is 44.2. The molecule has 0 bridgehead atoms. The average Bonchev–Trinajstić information content (AvgIpc) is 3.81. The second-order valence-corrected chi connectivity index (χ2v) is 24.0. The smallest absolute Gasteiger partial charge is 0.247 e. The maximum absolute atomic E-state index is 2.69. The molecule has 0 fully saturated rings. The highest BCUT2D eigenvalue weighted by molar-refractivity contribution is 7.02. The molecule has 1 nitrogen and oxygen atoms in total. The van der Waals surface area contributed by atoms with Crippen LogP contribution >= 0.6 is 0 Å². The van der Waals surface area contributed by atoms with Gasteiger partial charge in [0, 0.05) is 17.1 Å². The fourth-order valence-electron chi connectivity index (χ4n) is 14.5. The Kier molecular flexibility index (Phi) is 9.62. The minimum absolute atomic E-state index is 0.0139. The van der Waals surface area contributed by atoms with E-state index in [0.29, 0.717) is 0 Å². The molecule has 0 saturated carbocycles. The largest absolute Gasteiger partial charge is 0.313 e. The van der Waals surface area contributed by atoms with Crippen LogP contribution in [0.25, 0.3) is 33.4 Å². The third-order valence-electron chi connectivity index (χ3n) is 17.3. The Balaban J connectivity index is 1.22. The van der Waals surface area contributed by atoms with Crippen molar-refractivity contribution in [2.75, 3.05) is 4.90 Å². The Morgan fingerprint density at radius 2 is 0.750 bits per heavy atom. The molecule has 0 aromatic heterocycles. The summed E-state index contributed by atoms with van der Waals surface area (Å²) < 4.78 is 0. The van der Waals surface area contributed by atoms with E-state index in [1.807, 2.05) is 0 Å². The van der Waals surface area contributed by atoms with E-state index in [4.69, 9.17) is 0 Å². The highest BCUT2D eigenvalue weighted by atomic mass is 15.2. The van der Waals surface area contributed by atoms with Gasteiger partial charge in [0.15, 0.2) is 0 Å². The van der Waals surface area contributed by atoms with Crippen LogP contribution in [0.5, 0.6) is 0 Å². The number of rotatable bonds is 3. The van der Waals surface area contributed by atoms with E-state index in [1.165, 1.54) is 150 Å². The summed E-state index contributed by atoms with van der Waals surface area (Å²) in [5.41, 5.74) is 35.8. The van der Waals surface area contributed by atoms with E-state index in [-0.39, 0.29) is 24.3 Å². The lowest BCUT2D eigenvalue weighted by atomic mass is 9.29. The van der Waals surface area contributed by atoms with Crippen LogP contribution in [0.1, 0.15) is 108 Å². The van der Waals surface area contributed by atoms with Crippen LogP contribution in [-0.2, 0) is 16.2 Å². The Morgan fingerprint density at radius 3 is 1.17 bits per heavy atom. The quantitative estimate of drug-likeness (QED) is 0.160. The van der Waals surface area contributed by atoms with Crippen molar-refractivity contribution < 1.29 is 0 Å². The first kappa shape index (κ1) is 44.8. The molecule has 0 saturated heterocycles. The fraction of sp³-hybridized carbons (Fsp3) is 0.217. The molecule has 72 heavy (non-hydrogen) atoms. The molecule has 0 N–H and O–H groups in total. The molecular formula is C69H63B2N. The van der Waals surface area contributed by atoms with Crippen molar-refractivity contribution in [2.24, 2.45) is 0 Å². The molecule has 9 aromatic rings. The van der Waals surface area contributed by atoms with Gasteiger partial charge in [-0.2, -0.15) is 0 Å². The summed E-state index contributed by atoms with van der Waals surface area (Å²) in [4.78, 5) is 2.69. The summed E-state index contributed by atoms with van der Waals surface area (Å²) in [5, 5.41) is 0. The Labute approximate surface area is 429 Å². The lowest BCUT2D eigenvalue weighted by Crippen LogP contribution is -2.66. The summed E-state index contributed by atoms with van der Waals surface area (Å²) in [6, 6.07) is 64.9. The number of benzene rings is 9. The Morgan fingerprint density at radius 1 is 0.375 bits per heavy atom. The third kappa shape index (κ3) is 6.16. The number of fused-ring (bicyclic) bond motifs is 14. The van der Waals surface area contributed by atoms with E-state index < -0.39 is 5.41 Å². The van der Waals surface area contributed by atoms with Crippen LogP contribution in [0, 0.1) is 41.5 Å². The average molecular weight is 928 g/mol. The molecule has 0 unspecified atom stereocenters. The maximum Gasteiger partial charge on any atom is 0.247 e. The molecule has 0 amide bonds. The molecule has 3 heteroatoms. The summed E-state index contributed by atoms with van der Waals surface area (Å²) in [5.74, 6) is 0. The van der Waals surface area contributed by atoms with E-state index in [1.54, 1.807) is 0 Å². The van der Waals surface area contributed by atoms with Crippen molar-refractivity contribution in [1.82, 2.24) is 0 Å². The first-order valence-corrected chi connectivity index (χ1v) is 26.3. The summed E-state index contributed by atoms with van der Waals surface area (Å²) in [7, 11) is 0.